The van der Waals surface area contributed by atoms with Crippen molar-refractivity contribution >= 4 is 30.7 Å². The number of likely N-dealkylation sites (tertiary alicyclic amines) is 2. The van der Waals surface area contributed by atoms with Crippen LogP contribution in [0.15, 0.2) is 0 Å². The lowest BCUT2D eigenvalue weighted by atomic mass is 9.92. The third-order valence-electron chi connectivity index (χ3n) is 4.23. The van der Waals surface area contributed by atoms with E-state index in [9.17, 15) is 4.79 Å². The standard InChI is InChI=1S/C13H25N3O.2ClH/c1-15-7-4-12(5-8-15)13(17)16-6-2-3-11(9-14)10-16;;/h11-12H,2-10,14H2,1H3;2*1H/t11-;;/m0../s1. The molecule has 0 radical (unpaired) electrons. The second-order valence-corrected chi connectivity index (χ2v) is 5.61. The van der Waals surface area contributed by atoms with Crippen molar-refractivity contribution < 1.29 is 4.79 Å². The van der Waals surface area contributed by atoms with Crippen molar-refractivity contribution in [3.8, 4) is 0 Å². The SMILES string of the molecule is CN1CCC(C(=O)N2CCC[C@@H](CN)C2)CC1.Cl.Cl. The van der Waals surface area contributed by atoms with Crippen LogP contribution in [0.1, 0.15) is 25.7 Å². The molecular weight excluding hydrogens is 285 g/mol. The van der Waals surface area contributed by atoms with E-state index in [2.05, 4.69) is 16.8 Å². The molecule has 2 N–H and O–H groups in total. The Labute approximate surface area is 128 Å². The van der Waals surface area contributed by atoms with Crippen molar-refractivity contribution in [2.75, 3.05) is 39.8 Å². The first-order chi connectivity index (χ1) is 8.20. The molecule has 2 heterocycles. The molecule has 2 saturated heterocycles. The predicted molar refractivity (Wildman–Crippen MR) is 83.1 cm³/mol. The van der Waals surface area contributed by atoms with Gasteiger partial charge in [-0.15, -0.1) is 24.8 Å². The van der Waals surface area contributed by atoms with Gasteiger partial charge in [0.2, 0.25) is 5.91 Å². The lowest BCUT2D eigenvalue weighted by molar-refractivity contribution is -0.138. The fourth-order valence-electron chi connectivity index (χ4n) is 2.97. The predicted octanol–water partition coefficient (Wildman–Crippen LogP) is 1.37. The maximum atomic E-state index is 12.4. The van der Waals surface area contributed by atoms with E-state index in [1.807, 2.05) is 0 Å². The number of hydrogen-bond acceptors (Lipinski definition) is 3. The summed E-state index contributed by atoms with van der Waals surface area (Å²) in [5.74, 6) is 1.18. The van der Waals surface area contributed by atoms with Crippen LogP contribution in [-0.4, -0.2) is 55.5 Å². The zero-order valence-electron chi connectivity index (χ0n) is 11.7. The van der Waals surface area contributed by atoms with Gasteiger partial charge < -0.3 is 15.5 Å². The minimum atomic E-state index is 0. The molecule has 2 rings (SSSR count). The number of hydrogen-bond donors (Lipinski definition) is 1. The monoisotopic (exact) mass is 311 g/mol. The van der Waals surface area contributed by atoms with Crippen molar-refractivity contribution in [2.24, 2.45) is 17.6 Å². The number of piperidine rings is 2. The fourth-order valence-corrected chi connectivity index (χ4v) is 2.97. The van der Waals surface area contributed by atoms with Crippen LogP contribution in [0.5, 0.6) is 0 Å². The molecule has 2 fully saturated rings. The molecule has 0 saturated carbocycles. The molecular formula is C13H27Cl2N3O. The van der Waals surface area contributed by atoms with Crippen LogP contribution in [0, 0.1) is 11.8 Å². The molecule has 0 aromatic carbocycles. The minimum absolute atomic E-state index is 0. The van der Waals surface area contributed by atoms with Gasteiger partial charge in [-0.25, -0.2) is 0 Å². The Kier molecular flexibility index (Phi) is 8.99. The number of carbonyl (C=O) groups excluding carboxylic acids is 1. The number of rotatable bonds is 2. The summed E-state index contributed by atoms with van der Waals surface area (Å²) in [4.78, 5) is 16.8. The first-order valence-corrected chi connectivity index (χ1v) is 6.88. The Morgan fingerprint density at radius 2 is 1.79 bits per heavy atom. The molecule has 1 atom stereocenters. The molecule has 0 aromatic rings. The number of halogens is 2. The molecule has 114 valence electrons. The van der Waals surface area contributed by atoms with E-state index in [4.69, 9.17) is 5.73 Å². The average Bonchev–Trinajstić information content (AvgIpc) is 2.39. The highest BCUT2D eigenvalue weighted by atomic mass is 35.5. The van der Waals surface area contributed by atoms with Gasteiger partial charge >= 0.3 is 0 Å². The van der Waals surface area contributed by atoms with Crippen molar-refractivity contribution in [1.29, 1.82) is 0 Å². The summed E-state index contributed by atoms with van der Waals surface area (Å²) < 4.78 is 0. The smallest absolute Gasteiger partial charge is 0.225 e. The van der Waals surface area contributed by atoms with E-state index < -0.39 is 0 Å². The third-order valence-corrected chi connectivity index (χ3v) is 4.23. The summed E-state index contributed by atoms with van der Waals surface area (Å²) in [6.45, 7) is 4.68. The number of nitrogens with two attached hydrogens (primary N) is 1. The van der Waals surface area contributed by atoms with E-state index in [1.165, 1.54) is 6.42 Å². The van der Waals surface area contributed by atoms with Crippen LogP contribution in [0.4, 0.5) is 0 Å². The molecule has 0 unspecified atom stereocenters. The zero-order chi connectivity index (χ0) is 12.3. The summed E-state index contributed by atoms with van der Waals surface area (Å²) in [7, 11) is 2.13. The topological polar surface area (TPSA) is 49.6 Å². The summed E-state index contributed by atoms with van der Waals surface area (Å²) in [5, 5.41) is 0. The number of nitrogens with zero attached hydrogens (tertiary/aromatic N) is 2. The van der Waals surface area contributed by atoms with Crippen LogP contribution >= 0.6 is 24.8 Å². The van der Waals surface area contributed by atoms with Crippen LogP contribution in [0.2, 0.25) is 0 Å². The van der Waals surface area contributed by atoms with Gasteiger partial charge in [0.15, 0.2) is 0 Å². The quantitative estimate of drug-likeness (QED) is 0.838. The number of carbonyl (C=O) groups is 1. The van der Waals surface area contributed by atoms with Gasteiger partial charge in [-0.2, -0.15) is 0 Å². The number of amides is 1. The Hall–Kier alpha value is -0.0300. The maximum Gasteiger partial charge on any atom is 0.225 e. The fraction of sp³-hybridized carbons (Fsp3) is 0.923. The van der Waals surface area contributed by atoms with Crippen molar-refractivity contribution in [2.45, 2.75) is 25.7 Å². The largest absolute Gasteiger partial charge is 0.342 e. The highest BCUT2D eigenvalue weighted by molar-refractivity contribution is 5.85. The van der Waals surface area contributed by atoms with E-state index in [-0.39, 0.29) is 30.7 Å². The van der Waals surface area contributed by atoms with Crippen LogP contribution in [-0.2, 0) is 4.79 Å². The molecule has 4 nitrogen and oxygen atoms in total. The van der Waals surface area contributed by atoms with E-state index in [0.717, 1.165) is 52.0 Å². The minimum Gasteiger partial charge on any atom is -0.342 e. The molecule has 2 aliphatic heterocycles. The lowest BCUT2D eigenvalue weighted by Crippen LogP contribution is -2.46. The van der Waals surface area contributed by atoms with Crippen LogP contribution < -0.4 is 5.73 Å². The Bertz CT molecular complexity index is 271. The Morgan fingerprint density at radius 3 is 2.37 bits per heavy atom. The zero-order valence-corrected chi connectivity index (χ0v) is 13.3. The molecule has 0 spiro atoms. The first-order valence-electron chi connectivity index (χ1n) is 6.88. The van der Waals surface area contributed by atoms with Gasteiger partial charge in [-0.05, 0) is 58.3 Å². The molecule has 1 amide bonds. The first kappa shape index (κ1) is 19.0. The van der Waals surface area contributed by atoms with Crippen LogP contribution in [0.3, 0.4) is 0 Å². The Morgan fingerprint density at radius 1 is 1.16 bits per heavy atom. The van der Waals surface area contributed by atoms with Crippen molar-refractivity contribution in [3.63, 3.8) is 0 Å². The van der Waals surface area contributed by atoms with Crippen molar-refractivity contribution in [3.05, 3.63) is 0 Å². The van der Waals surface area contributed by atoms with Gasteiger partial charge in [0.1, 0.15) is 0 Å². The van der Waals surface area contributed by atoms with Crippen molar-refractivity contribution in [1.82, 2.24) is 9.80 Å². The van der Waals surface area contributed by atoms with Gasteiger partial charge in [-0.3, -0.25) is 4.79 Å². The van der Waals surface area contributed by atoms with E-state index in [0.29, 0.717) is 11.8 Å². The molecule has 19 heavy (non-hydrogen) atoms. The average molecular weight is 312 g/mol. The molecule has 0 aromatic heterocycles. The van der Waals surface area contributed by atoms with Gasteiger partial charge in [0.05, 0.1) is 0 Å². The summed E-state index contributed by atoms with van der Waals surface area (Å²) in [5.41, 5.74) is 5.72. The third kappa shape index (κ3) is 5.10. The second-order valence-electron chi connectivity index (χ2n) is 5.61. The summed E-state index contributed by atoms with van der Waals surface area (Å²) in [6, 6.07) is 0. The van der Waals surface area contributed by atoms with Gasteiger partial charge in [0.25, 0.3) is 0 Å². The highest BCUT2D eigenvalue weighted by Gasteiger charge is 2.30. The van der Waals surface area contributed by atoms with Gasteiger partial charge in [0, 0.05) is 19.0 Å². The molecule has 0 aliphatic carbocycles. The Balaban J connectivity index is 0.00000162. The molecule has 0 bridgehead atoms. The highest BCUT2D eigenvalue weighted by Crippen LogP contribution is 2.22. The molecule has 2 aliphatic rings. The second kappa shape index (κ2) is 9.01. The van der Waals surface area contributed by atoms with Crippen LogP contribution in [0.25, 0.3) is 0 Å². The summed E-state index contributed by atoms with van der Waals surface area (Å²) >= 11 is 0. The lowest BCUT2D eigenvalue weighted by Gasteiger charge is -2.36. The normalized spacial score (nSPS) is 25.4. The molecule has 6 heteroatoms. The van der Waals surface area contributed by atoms with E-state index in [1.54, 1.807) is 0 Å². The van der Waals surface area contributed by atoms with Gasteiger partial charge in [-0.1, -0.05) is 0 Å². The van der Waals surface area contributed by atoms with E-state index >= 15 is 0 Å². The summed E-state index contributed by atoms with van der Waals surface area (Å²) in [6.07, 6.45) is 4.37. The maximum absolute atomic E-state index is 12.4.